The fourth-order valence-corrected chi connectivity index (χ4v) is 7.39. The second kappa shape index (κ2) is 15.9. The number of ether oxygens (including phenoxy) is 2. The number of furan rings is 2. The van der Waals surface area contributed by atoms with E-state index in [2.05, 4.69) is 69.2 Å². The molecule has 0 aliphatic carbocycles. The van der Waals surface area contributed by atoms with E-state index in [4.69, 9.17) is 18.3 Å². The van der Waals surface area contributed by atoms with E-state index in [9.17, 15) is 0 Å². The molecule has 0 aromatic carbocycles. The van der Waals surface area contributed by atoms with E-state index in [1.165, 1.54) is 0 Å². The van der Waals surface area contributed by atoms with Gasteiger partial charge in [0.15, 0.2) is 5.78 Å². The summed E-state index contributed by atoms with van der Waals surface area (Å²) >= 11 is 0. The maximum Gasteiger partial charge on any atom is 0.182 e. The quantitative estimate of drug-likeness (QED) is 0.344. The monoisotopic (exact) mass is 640 g/mol. The molecule has 6 rings (SSSR count). The summed E-state index contributed by atoms with van der Waals surface area (Å²) in [6.45, 7) is 24.1. The Morgan fingerprint density at radius 2 is 0.891 bits per heavy atom. The van der Waals surface area contributed by atoms with Gasteiger partial charge in [-0.1, -0.05) is 0 Å². The lowest BCUT2D eigenvalue weighted by atomic mass is 9.96. The highest BCUT2D eigenvalue weighted by Gasteiger charge is 2.42. The lowest BCUT2D eigenvalue weighted by Crippen LogP contribution is -2.54. The standard InChI is InChI=1S/C35H56N6O5/c1-27(2)38-9-13-40(14-10-38)33(31-7-5-29(45-31)25-36-17-21-43-22-18-36)35(42)34(41-15-11-39(12-16-41)28(3)4)32-8-6-30(46-32)26-37-19-23-44-24-20-37/h5-8,27-28,33-34H,9-26H2,1-4H3. The molecule has 0 saturated carbocycles. The molecule has 2 unspecified atom stereocenters. The molecule has 11 heteroatoms. The van der Waals surface area contributed by atoms with Gasteiger partial charge in [-0.2, -0.15) is 0 Å². The smallest absolute Gasteiger partial charge is 0.182 e. The highest BCUT2D eigenvalue weighted by Crippen LogP contribution is 2.35. The second-order valence-corrected chi connectivity index (χ2v) is 13.9. The summed E-state index contributed by atoms with van der Waals surface area (Å²) in [5.41, 5.74) is 0. The maximum absolute atomic E-state index is 15.2. The van der Waals surface area contributed by atoms with Crippen molar-refractivity contribution < 1.29 is 23.1 Å². The summed E-state index contributed by atoms with van der Waals surface area (Å²) in [7, 11) is 0. The first kappa shape index (κ1) is 33.8. The van der Waals surface area contributed by atoms with Gasteiger partial charge >= 0.3 is 0 Å². The van der Waals surface area contributed by atoms with E-state index < -0.39 is 12.1 Å². The molecule has 0 N–H and O–H groups in total. The van der Waals surface area contributed by atoms with E-state index in [0.29, 0.717) is 12.1 Å². The molecule has 0 bridgehead atoms. The summed E-state index contributed by atoms with van der Waals surface area (Å²) in [6, 6.07) is 8.25. The number of hydrogen-bond acceptors (Lipinski definition) is 11. The number of rotatable bonds is 12. The maximum atomic E-state index is 15.2. The van der Waals surface area contributed by atoms with Crippen LogP contribution in [-0.2, 0) is 27.4 Å². The van der Waals surface area contributed by atoms with Crippen molar-refractivity contribution in [1.29, 1.82) is 0 Å². The Kier molecular flexibility index (Phi) is 11.7. The lowest BCUT2D eigenvalue weighted by molar-refractivity contribution is -0.133. The zero-order chi connectivity index (χ0) is 32.0. The van der Waals surface area contributed by atoms with Crippen molar-refractivity contribution >= 4 is 5.78 Å². The first-order valence-electron chi connectivity index (χ1n) is 17.6. The zero-order valence-corrected chi connectivity index (χ0v) is 28.6. The van der Waals surface area contributed by atoms with Crippen molar-refractivity contribution in [3.63, 3.8) is 0 Å². The molecular formula is C35H56N6O5. The number of carbonyl (C=O) groups is 1. The van der Waals surface area contributed by atoms with Crippen molar-refractivity contribution in [1.82, 2.24) is 29.4 Å². The van der Waals surface area contributed by atoms with Crippen molar-refractivity contribution in [2.24, 2.45) is 0 Å². The molecule has 256 valence electrons. The normalized spacial score (nSPS) is 23.8. The Labute approximate surface area is 275 Å². The molecule has 4 aliphatic heterocycles. The minimum absolute atomic E-state index is 0.149. The van der Waals surface area contributed by atoms with Crippen LogP contribution in [0.3, 0.4) is 0 Å². The Hall–Kier alpha value is -2.09. The van der Waals surface area contributed by atoms with Crippen LogP contribution in [0.4, 0.5) is 0 Å². The van der Waals surface area contributed by atoms with E-state index in [-0.39, 0.29) is 5.78 Å². The highest BCUT2D eigenvalue weighted by molar-refractivity contribution is 5.90. The van der Waals surface area contributed by atoms with Gasteiger partial charge in [0.2, 0.25) is 0 Å². The van der Waals surface area contributed by atoms with E-state index in [1.807, 2.05) is 12.1 Å². The van der Waals surface area contributed by atoms with Crippen LogP contribution in [0.5, 0.6) is 0 Å². The predicted octanol–water partition coefficient (Wildman–Crippen LogP) is 2.94. The third-order valence-electron chi connectivity index (χ3n) is 10.3. The van der Waals surface area contributed by atoms with Gasteiger partial charge in [-0.05, 0) is 52.0 Å². The molecule has 0 radical (unpaired) electrons. The van der Waals surface area contributed by atoms with Crippen molar-refractivity contribution in [3.05, 3.63) is 47.3 Å². The minimum Gasteiger partial charge on any atom is -0.463 e. The average Bonchev–Trinajstić information content (AvgIpc) is 3.72. The molecular weight excluding hydrogens is 584 g/mol. The Bertz CT molecular complexity index is 1130. The second-order valence-electron chi connectivity index (χ2n) is 13.9. The topological polar surface area (TPSA) is 81.2 Å². The molecule has 6 heterocycles. The van der Waals surface area contributed by atoms with Gasteiger partial charge in [0.1, 0.15) is 35.1 Å². The molecule has 4 saturated heterocycles. The van der Waals surface area contributed by atoms with Gasteiger partial charge in [-0.15, -0.1) is 0 Å². The summed E-state index contributed by atoms with van der Waals surface area (Å²) in [5, 5.41) is 0. The SMILES string of the molecule is CC(C)N1CCN(C(C(=O)C(c2ccc(CN3CCOCC3)o2)N2CCN(C(C)C)CC2)c2ccc(CN3CCOCC3)o2)CC1. The molecule has 4 aliphatic rings. The first-order chi connectivity index (χ1) is 22.4. The van der Waals surface area contributed by atoms with Gasteiger partial charge < -0.3 is 18.3 Å². The van der Waals surface area contributed by atoms with Crippen LogP contribution in [0.15, 0.2) is 33.1 Å². The number of hydrogen-bond donors (Lipinski definition) is 0. The third-order valence-corrected chi connectivity index (χ3v) is 10.3. The van der Waals surface area contributed by atoms with Gasteiger partial charge in [0.25, 0.3) is 0 Å². The van der Waals surface area contributed by atoms with Crippen LogP contribution in [0.25, 0.3) is 0 Å². The summed E-state index contributed by atoms with van der Waals surface area (Å²) in [4.78, 5) is 29.6. The molecule has 0 amide bonds. The fraction of sp³-hybridized carbons (Fsp3) is 0.743. The highest BCUT2D eigenvalue weighted by atomic mass is 16.5. The van der Waals surface area contributed by atoms with E-state index in [1.54, 1.807) is 0 Å². The summed E-state index contributed by atoms with van der Waals surface area (Å²) in [6.07, 6.45) is 0. The van der Waals surface area contributed by atoms with Crippen LogP contribution >= 0.6 is 0 Å². The summed E-state index contributed by atoms with van der Waals surface area (Å²) in [5.74, 6) is 3.46. The van der Waals surface area contributed by atoms with Crippen LogP contribution < -0.4 is 0 Å². The third kappa shape index (κ3) is 8.30. The van der Waals surface area contributed by atoms with E-state index >= 15 is 4.79 Å². The molecule has 4 fully saturated rings. The molecule has 2 aromatic heterocycles. The minimum atomic E-state index is -0.478. The van der Waals surface area contributed by atoms with Crippen LogP contribution in [-0.4, -0.2) is 152 Å². The molecule has 0 spiro atoms. The molecule has 2 atom stereocenters. The summed E-state index contributed by atoms with van der Waals surface area (Å²) < 4.78 is 24.3. The van der Waals surface area contributed by atoms with Crippen LogP contribution in [0.1, 0.15) is 62.8 Å². The Morgan fingerprint density at radius 3 is 1.24 bits per heavy atom. The predicted molar refractivity (Wildman–Crippen MR) is 177 cm³/mol. The van der Waals surface area contributed by atoms with Gasteiger partial charge in [0.05, 0.1) is 39.5 Å². The lowest BCUT2D eigenvalue weighted by Gasteiger charge is -2.43. The van der Waals surface area contributed by atoms with Crippen molar-refractivity contribution in [3.8, 4) is 0 Å². The van der Waals surface area contributed by atoms with Gasteiger partial charge in [-0.3, -0.25) is 34.2 Å². The number of nitrogens with zero attached hydrogens (tertiary/aromatic N) is 6. The van der Waals surface area contributed by atoms with Crippen molar-refractivity contribution in [2.75, 3.05) is 105 Å². The Morgan fingerprint density at radius 1 is 0.543 bits per heavy atom. The largest absolute Gasteiger partial charge is 0.463 e. The number of morpholine rings is 2. The Balaban J connectivity index is 1.28. The van der Waals surface area contributed by atoms with Crippen LogP contribution in [0, 0.1) is 0 Å². The molecule has 11 nitrogen and oxygen atoms in total. The molecule has 2 aromatic rings. The van der Waals surface area contributed by atoms with E-state index in [0.717, 1.165) is 141 Å². The number of carbonyl (C=O) groups excluding carboxylic acids is 1. The fourth-order valence-electron chi connectivity index (χ4n) is 7.39. The van der Waals surface area contributed by atoms with Gasteiger partial charge in [-0.25, -0.2) is 0 Å². The molecule has 46 heavy (non-hydrogen) atoms. The van der Waals surface area contributed by atoms with Gasteiger partial charge in [0, 0.05) is 90.6 Å². The average molecular weight is 641 g/mol. The number of Topliss-reactive ketones (excluding diaryl/α,β-unsaturated/α-hetero) is 1. The zero-order valence-electron chi connectivity index (χ0n) is 28.6. The number of piperazine rings is 2. The first-order valence-corrected chi connectivity index (χ1v) is 17.6. The van der Waals surface area contributed by atoms with Crippen molar-refractivity contribution in [2.45, 2.75) is 65.0 Å². The number of ketones is 1. The van der Waals surface area contributed by atoms with Crippen LogP contribution in [0.2, 0.25) is 0 Å².